The minimum absolute atomic E-state index is 0.0762. The van der Waals surface area contributed by atoms with E-state index < -0.39 is 4.92 Å². The molecule has 1 aromatic rings. The SMILES string of the molecule is COCCNCCNC(=O)CCn1cc([N+](=O)[O-])cn1. The molecule has 112 valence electrons. The number of ether oxygens (including phenoxy) is 1. The minimum Gasteiger partial charge on any atom is -0.383 e. The monoisotopic (exact) mass is 285 g/mol. The minimum atomic E-state index is -0.519. The van der Waals surface area contributed by atoms with Crippen LogP contribution in [0.2, 0.25) is 0 Å². The zero-order valence-electron chi connectivity index (χ0n) is 11.4. The van der Waals surface area contributed by atoms with E-state index in [9.17, 15) is 14.9 Å². The number of rotatable bonds is 10. The van der Waals surface area contributed by atoms with E-state index >= 15 is 0 Å². The number of hydrogen-bond donors (Lipinski definition) is 2. The van der Waals surface area contributed by atoms with E-state index in [1.54, 1.807) is 7.11 Å². The summed E-state index contributed by atoms with van der Waals surface area (Å²) in [5.41, 5.74) is -0.0762. The summed E-state index contributed by atoms with van der Waals surface area (Å²) in [6.45, 7) is 2.89. The predicted octanol–water partition coefficient (Wildman–Crippen LogP) is -0.466. The zero-order valence-corrected chi connectivity index (χ0v) is 11.4. The number of carbonyl (C=O) groups is 1. The zero-order chi connectivity index (χ0) is 14.8. The lowest BCUT2D eigenvalue weighted by molar-refractivity contribution is -0.385. The molecule has 1 aromatic heterocycles. The van der Waals surface area contributed by atoms with Gasteiger partial charge in [-0.2, -0.15) is 5.10 Å². The molecular formula is C11H19N5O4. The Kier molecular flexibility index (Phi) is 7.22. The Labute approximate surface area is 116 Å². The lowest BCUT2D eigenvalue weighted by atomic mass is 10.4. The summed E-state index contributed by atoms with van der Waals surface area (Å²) in [4.78, 5) is 21.4. The van der Waals surface area contributed by atoms with Crippen LogP contribution < -0.4 is 10.6 Å². The van der Waals surface area contributed by atoms with Crippen molar-refractivity contribution in [2.45, 2.75) is 13.0 Å². The highest BCUT2D eigenvalue weighted by Gasteiger charge is 2.09. The topological polar surface area (TPSA) is 111 Å². The lowest BCUT2D eigenvalue weighted by Crippen LogP contribution is -2.33. The van der Waals surface area contributed by atoms with Gasteiger partial charge in [0.1, 0.15) is 12.4 Å². The molecule has 0 aliphatic rings. The van der Waals surface area contributed by atoms with Crippen LogP contribution in [-0.4, -0.2) is 54.0 Å². The van der Waals surface area contributed by atoms with Crippen LogP contribution in [0.3, 0.4) is 0 Å². The van der Waals surface area contributed by atoms with Gasteiger partial charge in [-0.15, -0.1) is 0 Å². The Morgan fingerprint density at radius 3 is 2.95 bits per heavy atom. The van der Waals surface area contributed by atoms with Crippen molar-refractivity contribution in [3.63, 3.8) is 0 Å². The van der Waals surface area contributed by atoms with Gasteiger partial charge in [-0.25, -0.2) is 0 Å². The molecule has 0 unspecified atom stereocenters. The van der Waals surface area contributed by atoms with Crippen molar-refractivity contribution in [1.82, 2.24) is 20.4 Å². The van der Waals surface area contributed by atoms with Crippen LogP contribution in [0.5, 0.6) is 0 Å². The summed E-state index contributed by atoms with van der Waals surface area (Å²) >= 11 is 0. The van der Waals surface area contributed by atoms with Crippen LogP contribution in [0.1, 0.15) is 6.42 Å². The van der Waals surface area contributed by atoms with Crippen molar-refractivity contribution < 1.29 is 14.5 Å². The van der Waals surface area contributed by atoms with Crippen LogP contribution in [0.4, 0.5) is 5.69 Å². The molecule has 1 rings (SSSR count). The molecule has 1 amide bonds. The second-order valence-electron chi connectivity index (χ2n) is 4.06. The summed E-state index contributed by atoms with van der Waals surface area (Å²) in [6.07, 6.45) is 2.70. The van der Waals surface area contributed by atoms with Crippen molar-refractivity contribution >= 4 is 11.6 Å². The Morgan fingerprint density at radius 1 is 1.50 bits per heavy atom. The largest absolute Gasteiger partial charge is 0.383 e. The van der Waals surface area contributed by atoms with Crippen molar-refractivity contribution in [3.05, 3.63) is 22.5 Å². The maximum atomic E-state index is 11.5. The molecule has 9 nitrogen and oxygen atoms in total. The molecule has 2 N–H and O–H groups in total. The highest BCUT2D eigenvalue weighted by Crippen LogP contribution is 2.07. The van der Waals surface area contributed by atoms with Crippen molar-refractivity contribution in [3.8, 4) is 0 Å². The third kappa shape index (κ3) is 6.25. The first-order valence-corrected chi connectivity index (χ1v) is 6.26. The van der Waals surface area contributed by atoms with Gasteiger partial charge in [-0.3, -0.25) is 19.6 Å². The first kappa shape index (κ1) is 16.1. The van der Waals surface area contributed by atoms with Gasteiger partial charge in [0.2, 0.25) is 5.91 Å². The standard InChI is InChI=1S/C11H19N5O4/c1-20-7-5-12-3-4-13-11(17)2-6-15-9-10(8-14-15)16(18)19/h8-9,12H,2-7H2,1H3,(H,13,17). The second-order valence-corrected chi connectivity index (χ2v) is 4.06. The number of aryl methyl sites for hydroxylation is 1. The Morgan fingerprint density at radius 2 is 2.30 bits per heavy atom. The Bertz CT molecular complexity index is 434. The van der Waals surface area contributed by atoms with E-state index in [-0.39, 0.29) is 18.0 Å². The number of carbonyl (C=O) groups excluding carboxylic acids is 1. The molecule has 0 fully saturated rings. The van der Waals surface area contributed by atoms with E-state index in [0.717, 1.165) is 12.7 Å². The summed E-state index contributed by atoms with van der Waals surface area (Å²) in [5.74, 6) is -0.114. The van der Waals surface area contributed by atoms with Gasteiger partial charge in [0.05, 0.1) is 11.5 Å². The van der Waals surface area contributed by atoms with Crippen LogP contribution in [-0.2, 0) is 16.1 Å². The number of methoxy groups -OCH3 is 1. The molecule has 0 radical (unpaired) electrons. The fourth-order valence-electron chi connectivity index (χ4n) is 1.46. The van der Waals surface area contributed by atoms with Gasteiger partial charge in [-0.1, -0.05) is 0 Å². The van der Waals surface area contributed by atoms with Gasteiger partial charge in [-0.05, 0) is 0 Å². The first-order chi connectivity index (χ1) is 9.63. The molecule has 0 aliphatic carbocycles. The van der Waals surface area contributed by atoms with Crippen LogP contribution in [0.15, 0.2) is 12.4 Å². The van der Waals surface area contributed by atoms with E-state index in [2.05, 4.69) is 15.7 Å². The first-order valence-electron chi connectivity index (χ1n) is 6.26. The average Bonchev–Trinajstić information content (AvgIpc) is 2.89. The maximum Gasteiger partial charge on any atom is 0.306 e. The number of amides is 1. The molecule has 0 saturated heterocycles. The molecular weight excluding hydrogens is 266 g/mol. The van der Waals surface area contributed by atoms with Gasteiger partial charge < -0.3 is 15.4 Å². The number of nitrogens with zero attached hydrogens (tertiary/aromatic N) is 3. The van der Waals surface area contributed by atoms with Gasteiger partial charge in [0.15, 0.2) is 0 Å². The van der Waals surface area contributed by atoms with Crippen LogP contribution in [0.25, 0.3) is 0 Å². The number of nitrogens with one attached hydrogen (secondary N) is 2. The smallest absolute Gasteiger partial charge is 0.306 e. The molecule has 0 atom stereocenters. The summed E-state index contributed by atoms with van der Waals surface area (Å²) in [5, 5.41) is 20.1. The molecule has 0 aliphatic heterocycles. The molecule has 20 heavy (non-hydrogen) atoms. The average molecular weight is 285 g/mol. The fourth-order valence-corrected chi connectivity index (χ4v) is 1.46. The van der Waals surface area contributed by atoms with Crippen LogP contribution in [0, 0.1) is 10.1 Å². The Balaban J connectivity index is 2.11. The number of nitro groups is 1. The number of hydrogen-bond acceptors (Lipinski definition) is 6. The molecule has 0 bridgehead atoms. The fraction of sp³-hybridized carbons (Fsp3) is 0.636. The summed E-state index contributed by atoms with van der Waals surface area (Å²) in [7, 11) is 1.63. The summed E-state index contributed by atoms with van der Waals surface area (Å²) in [6, 6.07) is 0. The van der Waals surface area contributed by atoms with E-state index in [1.807, 2.05) is 0 Å². The third-order valence-corrected chi connectivity index (χ3v) is 2.51. The molecule has 9 heteroatoms. The van der Waals surface area contributed by atoms with Gasteiger partial charge >= 0.3 is 5.69 Å². The lowest BCUT2D eigenvalue weighted by Gasteiger charge is -2.06. The molecule has 0 spiro atoms. The molecule has 0 aromatic carbocycles. The highest BCUT2D eigenvalue weighted by atomic mass is 16.6. The van der Waals surface area contributed by atoms with E-state index in [1.165, 1.54) is 10.9 Å². The van der Waals surface area contributed by atoms with Crippen molar-refractivity contribution in [1.29, 1.82) is 0 Å². The van der Waals surface area contributed by atoms with Crippen molar-refractivity contribution in [2.24, 2.45) is 0 Å². The quantitative estimate of drug-likeness (QED) is 0.341. The second kappa shape index (κ2) is 8.99. The molecule has 1 heterocycles. The normalized spacial score (nSPS) is 10.4. The maximum absolute atomic E-state index is 11.5. The van der Waals surface area contributed by atoms with E-state index in [0.29, 0.717) is 26.2 Å². The van der Waals surface area contributed by atoms with E-state index in [4.69, 9.17) is 4.74 Å². The van der Waals surface area contributed by atoms with Gasteiger partial charge in [0, 0.05) is 39.7 Å². The number of aromatic nitrogens is 2. The van der Waals surface area contributed by atoms with Crippen molar-refractivity contribution in [2.75, 3.05) is 33.4 Å². The third-order valence-electron chi connectivity index (χ3n) is 2.51. The Hall–Kier alpha value is -2.00. The predicted molar refractivity (Wildman–Crippen MR) is 71.3 cm³/mol. The van der Waals surface area contributed by atoms with Crippen LogP contribution >= 0.6 is 0 Å². The summed E-state index contributed by atoms with van der Waals surface area (Å²) < 4.78 is 6.25. The molecule has 0 saturated carbocycles. The van der Waals surface area contributed by atoms with Gasteiger partial charge in [0.25, 0.3) is 0 Å². The highest BCUT2D eigenvalue weighted by molar-refractivity contribution is 5.75.